The molecule has 0 aliphatic heterocycles. The van der Waals surface area contributed by atoms with E-state index in [9.17, 15) is 4.79 Å². The summed E-state index contributed by atoms with van der Waals surface area (Å²) in [4.78, 5) is 14.1. The molecule has 3 nitrogen and oxygen atoms in total. The lowest BCUT2D eigenvalue weighted by Crippen LogP contribution is -2.40. The van der Waals surface area contributed by atoms with Crippen LogP contribution in [0.4, 0.5) is 0 Å². The van der Waals surface area contributed by atoms with E-state index >= 15 is 0 Å². The molecule has 0 aromatic carbocycles. The monoisotopic (exact) mass is 238 g/mol. The van der Waals surface area contributed by atoms with Gasteiger partial charge in [-0.05, 0) is 31.6 Å². The van der Waals surface area contributed by atoms with Gasteiger partial charge in [-0.3, -0.25) is 4.79 Å². The van der Waals surface area contributed by atoms with Crippen LogP contribution in [-0.2, 0) is 4.79 Å². The van der Waals surface area contributed by atoms with Crippen molar-refractivity contribution in [1.29, 1.82) is 0 Å². The van der Waals surface area contributed by atoms with E-state index in [0.29, 0.717) is 18.4 Å². The number of carbonyl (C=O) groups excluding carboxylic acids is 1. The maximum Gasteiger partial charge on any atom is 0.224 e. The molecule has 98 valence electrons. The van der Waals surface area contributed by atoms with Crippen molar-refractivity contribution in [3.05, 3.63) is 0 Å². The maximum atomic E-state index is 12.1. The number of hydrogen-bond donors (Lipinski definition) is 1. The lowest BCUT2D eigenvalue weighted by molar-refractivity contribution is -0.132. The second-order valence-corrected chi connectivity index (χ2v) is 5.86. The fourth-order valence-electron chi connectivity index (χ4n) is 2.89. The molecule has 0 aromatic rings. The Bertz CT molecular complexity index is 255. The van der Waals surface area contributed by atoms with Crippen molar-refractivity contribution in [2.75, 3.05) is 7.05 Å². The Kier molecular flexibility index (Phi) is 4.43. The van der Waals surface area contributed by atoms with Crippen LogP contribution >= 0.6 is 0 Å². The van der Waals surface area contributed by atoms with E-state index in [4.69, 9.17) is 5.73 Å². The smallest absolute Gasteiger partial charge is 0.224 e. The highest BCUT2D eigenvalue weighted by molar-refractivity contribution is 5.77. The summed E-state index contributed by atoms with van der Waals surface area (Å²) < 4.78 is 0. The highest BCUT2D eigenvalue weighted by atomic mass is 16.2. The molecule has 1 unspecified atom stereocenters. The highest BCUT2D eigenvalue weighted by Gasteiger charge is 2.31. The Morgan fingerprint density at radius 3 is 2.29 bits per heavy atom. The molecule has 2 aliphatic carbocycles. The summed E-state index contributed by atoms with van der Waals surface area (Å²) in [6.07, 6.45) is 10.6. The van der Waals surface area contributed by atoms with Gasteiger partial charge in [-0.25, -0.2) is 0 Å². The first kappa shape index (κ1) is 12.9. The first-order valence-corrected chi connectivity index (χ1v) is 7.19. The standard InChI is InChI=1S/C14H26N2O/c1-16(12-6-4-2-3-5-7-12)14(17)10-13(15)11-8-9-11/h11-13H,2-10,15H2,1H3. The molecule has 0 saturated heterocycles. The van der Waals surface area contributed by atoms with Crippen LogP contribution in [0.25, 0.3) is 0 Å². The second kappa shape index (κ2) is 5.85. The van der Waals surface area contributed by atoms with Gasteiger partial charge in [0.15, 0.2) is 0 Å². The Morgan fingerprint density at radius 2 is 1.76 bits per heavy atom. The average Bonchev–Trinajstić information content (AvgIpc) is 3.14. The fourth-order valence-corrected chi connectivity index (χ4v) is 2.89. The van der Waals surface area contributed by atoms with E-state index in [1.807, 2.05) is 11.9 Å². The Balaban J connectivity index is 1.79. The molecule has 0 bridgehead atoms. The number of hydrogen-bond acceptors (Lipinski definition) is 2. The Labute approximate surface area is 105 Å². The Morgan fingerprint density at radius 1 is 1.18 bits per heavy atom. The number of amides is 1. The quantitative estimate of drug-likeness (QED) is 0.764. The lowest BCUT2D eigenvalue weighted by atomic mass is 10.1. The van der Waals surface area contributed by atoms with Crippen LogP contribution < -0.4 is 5.73 Å². The second-order valence-electron chi connectivity index (χ2n) is 5.86. The van der Waals surface area contributed by atoms with E-state index in [2.05, 4.69) is 0 Å². The van der Waals surface area contributed by atoms with Crippen LogP contribution in [0.5, 0.6) is 0 Å². The largest absolute Gasteiger partial charge is 0.343 e. The van der Waals surface area contributed by atoms with E-state index in [1.165, 1.54) is 51.4 Å². The van der Waals surface area contributed by atoms with Gasteiger partial charge in [-0.1, -0.05) is 25.7 Å². The van der Waals surface area contributed by atoms with E-state index in [-0.39, 0.29) is 11.9 Å². The molecular weight excluding hydrogens is 212 g/mol. The van der Waals surface area contributed by atoms with Crippen LogP contribution in [0.2, 0.25) is 0 Å². The molecule has 2 saturated carbocycles. The molecule has 0 radical (unpaired) electrons. The number of nitrogens with zero attached hydrogens (tertiary/aromatic N) is 1. The van der Waals surface area contributed by atoms with Crippen molar-refractivity contribution < 1.29 is 4.79 Å². The van der Waals surface area contributed by atoms with E-state index in [1.54, 1.807) is 0 Å². The third-order valence-electron chi connectivity index (χ3n) is 4.40. The number of carbonyl (C=O) groups is 1. The van der Waals surface area contributed by atoms with Crippen LogP contribution in [0.3, 0.4) is 0 Å². The Hall–Kier alpha value is -0.570. The molecular formula is C14H26N2O. The van der Waals surface area contributed by atoms with E-state index in [0.717, 1.165) is 0 Å². The van der Waals surface area contributed by atoms with Gasteiger partial charge in [0.05, 0.1) is 0 Å². The maximum absolute atomic E-state index is 12.1. The van der Waals surface area contributed by atoms with Gasteiger partial charge in [0.2, 0.25) is 5.91 Å². The van der Waals surface area contributed by atoms with Gasteiger partial charge in [-0.2, -0.15) is 0 Å². The van der Waals surface area contributed by atoms with Crippen molar-refractivity contribution in [3.8, 4) is 0 Å². The third-order valence-corrected chi connectivity index (χ3v) is 4.40. The molecule has 2 aliphatic rings. The van der Waals surface area contributed by atoms with E-state index < -0.39 is 0 Å². The molecule has 0 spiro atoms. The normalized spacial score (nSPS) is 24.1. The van der Waals surface area contributed by atoms with Crippen LogP contribution in [0.1, 0.15) is 57.8 Å². The SMILES string of the molecule is CN(C(=O)CC(N)C1CC1)C1CCCCCC1. The summed E-state index contributed by atoms with van der Waals surface area (Å²) in [6.45, 7) is 0. The summed E-state index contributed by atoms with van der Waals surface area (Å²) in [5.74, 6) is 0.887. The fraction of sp³-hybridized carbons (Fsp3) is 0.929. The van der Waals surface area contributed by atoms with Gasteiger partial charge in [0, 0.05) is 25.6 Å². The topological polar surface area (TPSA) is 46.3 Å². The summed E-state index contributed by atoms with van der Waals surface area (Å²) in [7, 11) is 1.97. The minimum absolute atomic E-state index is 0.107. The zero-order valence-electron chi connectivity index (χ0n) is 11.0. The first-order valence-electron chi connectivity index (χ1n) is 7.19. The van der Waals surface area contributed by atoms with Crippen LogP contribution in [-0.4, -0.2) is 29.9 Å². The van der Waals surface area contributed by atoms with Gasteiger partial charge in [-0.15, -0.1) is 0 Å². The van der Waals surface area contributed by atoms with Gasteiger partial charge < -0.3 is 10.6 Å². The molecule has 2 fully saturated rings. The lowest BCUT2D eigenvalue weighted by Gasteiger charge is -2.28. The van der Waals surface area contributed by atoms with Crippen LogP contribution in [0.15, 0.2) is 0 Å². The molecule has 2 N–H and O–H groups in total. The molecule has 3 heteroatoms. The number of rotatable bonds is 4. The zero-order valence-corrected chi connectivity index (χ0v) is 11.0. The minimum Gasteiger partial charge on any atom is -0.343 e. The van der Waals surface area contributed by atoms with Crippen LogP contribution in [0, 0.1) is 5.92 Å². The molecule has 1 atom stereocenters. The number of nitrogens with two attached hydrogens (primary N) is 1. The van der Waals surface area contributed by atoms with Crippen molar-refractivity contribution >= 4 is 5.91 Å². The molecule has 1 amide bonds. The summed E-state index contributed by atoms with van der Waals surface area (Å²) in [6, 6.07) is 0.576. The third kappa shape index (κ3) is 3.70. The summed E-state index contributed by atoms with van der Waals surface area (Å²) in [5.41, 5.74) is 6.03. The minimum atomic E-state index is 0.107. The van der Waals surface area contributed by atoms with Gasteiger partial charge in [0.1, 0.15) is 0 Å². The van der Waals surface area contributed by atoms with Crippen molar-refractivity contribution in [1.82, 2.24) is 4.90 Å². The first-order chi connectivity index (χ1) is 8.18. The summed E-state index contributed by atoms with van der Waals surface area (Å²) >= 11 is 0. The van der Waals surface area contributed by atoms with Gasteiger partial charge >= 0.3 is 0 Å². The molecule has 0 aromatic heterocycles. The predicted octanol–water partition coefficient (Wildman–Crippen LogP) is 2.29. The van der Waals surface area contributed by atoms with Gasteiger partial charge in [0.25, 0.3) is 0 Å². The highest BCUT2D eigenvalue weighted by Crippen LogP contribution is 2.33. The zero-order chi connectivity index (χ0) is 12.3. The van der Waals surface area contributed by atoms with Crippen molar-refractivity contribution in [2.45, 2.75) is 69.9 Å². The summed E-state index contributed by atoms with van der Waals surface area (Å²) in [5, 5.41) is 0. The van der Waals surface area contributed by atoms with Crippen molar-refractivity contribution in [3.63, 3.8) is 0 Å². The van der Waals surface area contributed by atoms with Crippen molar-refractivity contribution in [2.24, 2.45) is 11.7 Å². The average molecular weight is 238 g/mol. The molecule has 0 heterocycles. The molecule has 17 heavy (non-hydrogen) atoms. The predicted molar refractivity (Wildman–Crippen MR) is 69.6 cm³/mol. The molecule has 2 rings (SSSR count).